The molecule has 1 rings (SSSR count). The van der Waals surface area contributed by atoms with Crippen molar-refractivity contribution in [2.75, 3.05) is 14.1 Å². The molecule has 0 aliphatic heterocycles. The van der Waals surface area contributed by atoms with E-state index in [-0.39, 0.29) is 11.7 Å². The van der Waals surface area contributed by atoms with Crippen molar-refractivity contribution in [2.24, 2.45) is 0 Å². The molecule has 0 spiro atoms. The Morgan fingerprint density at radius 1 is 1.29 bits per heavy atom. The summed E-state index contributed by atoms with van der Waals surface area (Å²) in [6.45, 7) is 4.85. The second-order valence-electron chi connectivity index (χ2n) is 4.21. The van der Waals surface area contributed by atoms with Gasteiger partial charge < -0.3 is 4.90 Å². The highest BCUT2D eigenvalue weighted by molar-refractivity contribution is 5.31. The van der Waals surface area contributed by atoms with Crippen LogP contribution >= 0.6 is 0 Å². The Kier molecular flexibility index (Phi) is 3.64. The van der Waals surface area contributed by atoms with Gasteiger partial charge in [-0.2, -0.15) is 0 Å². The van der Waals surface area contributed by atoms with Gasteiger partial charge in [0.2, 0.25) is 0 Å². The molecule has 0 radical (unpaired) electrons. The number of benzene rings is 1. The van der Waals surface area contributed by atoms with Crippen LogP contribution in [-0.4, -0.2) is 19.0 Å². The third-order valence-corrected chi connectivity index (χ3v) is 2.21. The van der Waals surface area contributed by atoms with Gasteiger partial charge in [-0.3, -0.25) is 0 Å². The molecule has 0 bridgehead atoms. The molecule has 0 N–H and O–H groups in total. The summed E-state index contributed by atoms with van der Waals surface area (Å²) in [7, 11) is 3.99. The summed E-state index contributed by atoms with van der Waals surface area (Å²) in [6.07, 6.45) is 0. The first-order valence-electron chi connectivity index (χ1n) is 4.94. The third-order valence-electron chi connectivity index (χ3n) is 2.21. The van der Waals surface area contributed by atoms with Crippen LogP contribution in [0.2, 0.25) is 0 Å². The molecule has 0 aliphatic rings. The fraction of sp³-hybridized carbons (Fsp3) is 0.500. The average molecular weight is 195 g/mol. The zero-order valence-electron chi connectivity index (χ0n) is 9.34. The fourth-order valence-electron chi connectivity index (χ4n) is 1.71. The summed E-state index contributed by atoms with van der Waals surface area (Å²) in [4.78, 5) is 2.06. The Labute approximate surface area is 85.5 Å². The van der Waals surface area contributed by atoms with Crippen LogP contribution in [0.3, 0.4) is 0 Å². The quantitative estimate of drug-likeness (QED) is 0.716. The molecule has 1 aromatic carbocycles. The van der Waals surface area contributed by atoms with Crippen molar-refractivity contribution in [3.05, 3.63) is 35.1 Å². The lowest BCUT2D eigenvalue weighted by Crippen LogP contribution is -2.13. The van der Waals surface area contributed by atoms with Gasteiger partial charge in [-0.25, -0.2) is 4.39 Å². The number of nitrogens with zero attached hydrogens (tertiary/aromatic N) is 1. The minimum Gasteiger partial charge on any atom is -0.305 e. The zero-order chi connectivity index (χ0) is 10.7. The SMILES string of the molecule is CC(C)c1c(F)cccc1CN(C)C. The second kappa shape index (κ2) is 4.56. The molecule has 14 heavy (non-hydrogen) atoms. The molecule has 0 aliphatic carbocycles. The van der Waals surface area contributed by atoms with Gasteiger partial charge in [0.1, 0.15) is 5.82 Å². The zero-order valence-corrected chi connectivity index (χ0v) is 9.34. The van der Waals surface area contributed by atoms with Crippen molar-refractivity contribution in [3.63, 3.8) is 0 Å². The van der Waals surface area contributed by atoms with Crippen molar-refractivity contribution < 1.29 is 4.39 Å². The van der Waals surface area contributed by atoms with Gasteiger partial charge in [0.15, 0.2) is 0 Å². The summed E-state index contributed by atoms with van der Waals surface area (Å²) in [5.74, 6) is 0.158. The second-order valence-corrected chi connectivity index (χ2v) is 4.21. The van der Waals surface area contributed by atoms with E-state index >= 15 is 0 Å². The normalized spacial score (nSPS) is 11.4. The molecule has 0 aromatic heterocycles. The van der Waals surface area contributed by atoms with Gasteiger partial charge >= 0.3 is 0 Å². The fourth-order valence-corrected chi connectivity index (χ4v) is 1.71. The highest BCUT2D eigenvalue weighted by atomic mass is 19.1. The van der Waals surface area contributed by atoms with Gasteiger partial charge in [-0.1, -0.05) is 26.0 Å². The topological polar surface area (TPSA) is 3.24 Å². The molecule has 0 saturated heterocycles. The Bertz CT molecular complexity index is 305. The lowest BCUT2D eigenvalue weighted by molar-refractivity contribution is 0.398. The van der Waals surface area contributed by atoms with Crippen LogP contribution in [0.4, 0.5) is 4.39 Å². The van der Waals surface area contributed by atoms with Crippen molar-refractivity contribution in [3.8, 4) is 0 Å². The monoisotopic (exact) mass is 195 g/mol. The van der Waals surface area contributed by atoms with Gasteiger partial charge in [0.25, 0.3) is 0 Å². The lowest BCUT2D eigenvalue weighted by atomic mass is 9.96. The molecule has 0 heterocycles. The van der Waals surface area contributed by atoms with E-state index in [1.165, 1.54) is 6.07 Å². The lowest BCUT2D eigenvalue weighted by Gasteiger charge is -2.17. The maximum Gasteiger partial charge on any atom is 0.126 e. The van der Waals surface area contributed by atoms with E-state index in [0.717, 1.165) is 17.7 Å². The molecule has 0 unspecified atom stereocenters. The van der Waals surface area contributed by atoms with Crippen LogP contribution in [-0.2, 0) is 6.54 Å². The highest BCUT2D eigenvalue weighted by Crippen LogP contribution is 2.23. The number of hydrogen-bond donors (Lipinski definition) is 0. The van der Waals surface area contributed by atoms with Crippen molar-refractivity contribution in [1.29, 1.82) is 0 Å². The molecule has 1 nitrogen and oxygen atoms in total. The molecule has 2 heteroatoms. The van der Waals surface area contributed by atoms with Crippen LogP contribution in [0.5, 0.6) is 0 Å². The van der Waals surface area contributed by atoms with Gasteiger partial charge in [-0.05, 0) is 37.2 Å². The largest absolute Gasteiger partial charge is 0.305 e. The van der Waals surface area contributed by atoms with Crippen molar-refractivity contribution in [1.82, 2.24) is 4.90 Å². The van der Waals surface area contributed by atoms with E-state index in [2.05, 4.69) is 4.90 Å². The molecule has 0 amide bonds. The van der Waals surface area contributed by atoms with E-state index in [1.54, 1.807) is 6.07 Å². The summed E-state index contributed by atoms with van der Waals surface area (Å²) >= 11 is 0. The molecular formula is C12H18FN. The molecule has 1 aromatic rings. The number of halogens is 1. The van der Waals surface area contributed by atoms with Crippen molar-refractivity contribution >= 4 is 0 Å². The Hall–Kier alpha value is -0.890. The predicted octanol–water partition coefficient (Wildman–Crippen LogP) is 3.01. The van der Waals surface area contributed by atoms with E-state index in [4.69, 9.17) is 0 Å². The van der Waals surface area contributed by atoms with Crippen molar-refractivity contribution in [2.45, 2.75) is 26.3 Å². The Balaban J connectivity index is 3.08. The van der Waals surface area contributed by atoms with E-state index in [1.807, 2.05) is 34.0 Å². The van der Waals surface area contributed by atoms with Crippen LogP contribution in [0, 0.1) is 5.82 Å². The highest BCUT2D eigenvalue weighted by Gasteiger charge is 2.11. The summed E-state index contributed by atoms with van der Waals surface area (Å²) in [5.41, 5.74) is 1.94. The predicted molar refractivity (Wildman–Crippen MR) is 57.9 cm³/mol. The Morgan fingerprint density at radius 2 is 1.93 bits per heavy atom. The van der Waals surface area contributed by atoms with Crippen LogP contribution in [0.15, 0.2) is 18.2 Å². The van der Waals surface area contributed by atoms with E-state index in [0.29, 0.717) is 0 Å². The summed E-state index contributed by atoms with van der Waals surface area (Å²) in [5, 5.41) is 0. The number of hydrogen-bond acceptors (Lipinski definition) is 1. The molecule has 0 saturated carbocycles. The summed E-state index contributed by atoms with van der Waals surface area (Å²) in [6, 6.07) is 5.31. The minimum atomic E-state index is -0.0839. The first kappa shape index (κ1) is 11.2. The molecular weight excluding hydrogens is 177 g/mol. The van der Waals surface area contributed by atoms with Crippen LogP contribution in [0.1, 0.15) is 30.9 Å². The molecule has 0 fully saturated rings. The number of rotatable bonds is 3. The third kappa shape index (κ3) is 2.55. The van der Waals surface area contributed by atoms with Gasteiger partial charge in [0, 0.05) is 6.54 Å². The van der Waals surface area contributed by atoms with Gasteiger partial charge in [-0.15, -0.1) is 0 Å². The molecule has 78 valence electrons. The maximum atomic E-state index is 13.5. The first-order valence-corrected chi connectivity index (χ1v) is 4.94. The van der Waals surface area contributed by atoms with Crippen LogP contribution in [0.25, 0.3) is 0 Å². The minimum absolute atomic E-state index is 0.0839. The van der Waals surface area contributed by atoms with E-state index in [9.17, 15) is 4.39 Å². The standard InChI is InChI=1S/C12H18FN/c1-9(2)12-10(8-14(3)4)6-5-7-11(12)13/h5-7,9H,8H2,1-4H3. The average Bonchev–Trinajstić information content (AvgIpc) is 2.01. The Morgan fingerprint density at radius 3 is 2.43 bits per heavy atom. The van der Waals surface area contributed by atoms with E-state index < -0.39 is 0 Å². The molecule has 0 atom stereocenters. The first-order chi connectivity index (χ1) is 6.52. The van der Waals surface area contributed by atoms with Gasteiger partial charge in [0.05, 0.1) is 0 Å². The maximum absolute atomic E-state index is 13.5. The van der Waals surface area contributed by atoms with Crippen LogP contribution < -0.4 is 0 Å². The smallest absolute Gasteiger partial charge is 0.126 e. The summed E-state index contributed by atoms with van der Waals surface area (Å²) < 4.78 is 13.5.